The summed E-state index contributed by atoms with van der Waals surface area (Å²) >= 11 is 0. The molecule has 0 heterocycles. The maximum atomic E-state index is 2.40. The molecule has 0 nitrogen and oxygen atoms in total. The highest BCUT2D eigenvalue weighted by Crippen LogP contribution is 2.20. The Morgan fingerprint density at radius 3 is 0.857 bits per heavy atom. The minimum atomic E-state index is 0.983. The lowest BCUT2D eigenvalue weighted by molar-refractivity contribution is 1.02. The monoisotopic (exact) mass is 460 g/mol. The van der Waals surface area contributed by atoms with Gasteiger partial charge in [0.1, 0.15) is 0 Å². The zero-order valence-corrected chi connectivity index (χ0v) is 22.0. The Bertz CT molecular complexity index is 1130. The molecular formula is C35H40. The first kappa shape index (κ1) is 25.0. The van der Waals surface area contributed by atoms with Gasteiger partial charge in [-0.15, -0.1) is 0 Å². The van der Waals surface area contributed by atoms with Crippen molar-refractivity contribution in [3.05, 3.63) is 141 Å². The number of benzene rings is 4. The van der Waals surface area contributed by atoms with E-state index in [2.05, 4.69) is 113 Å². The molecule has 0 atom stereocenters. The van der Waals surface area contributed by atoms with E-state index in [0.29, 0.717) is 0 Å². The van der Waals surface area contributed by atoms with Crippen molar-refractivity contribution in [1.82, 2.24) is 0 Å². The van der Waals surface area contributed by atoms with Crippen molar-refractivity contribution in [1.29, 1.82) is 0 Å². The predicted octanol–water partition coefficient (Wildman–Crippen LogP) is 8.71. The highest BCUT2D eigenvalue weighted by Gasteiger charge is 2.05. The van der Waals surface area contributed by atoms with Gasteiger partial charge in [-0.25, -0.2) is 0 Å². The van der Waals surface area contributed by atoms with E-state index in [4.69, 9.17) is 0 Å². The number of rotatable bonds is 10. The van der Waals surface area contributed by atoms with E-state index in [-0.39, 0.29) is 0 Å². The quantitative estimate of drug-likeness (QED) is 0.222. The van der Waals surface area contributed by atoms with E-state index in [1.165, 1.54) is 55.6 Å². The van der Waals surface area contributed by atoms with Crippen LogP contribution in [-0.4, -0.2) is 0 Å². The first-order valence-electron chi connectivity index (χ1n) is 13.5. The second-order valence-corrected chi connectivity index (χ2v) is 9.78. The molecule has 35 heavy (non-hydrogen) atoms. The standard InChI is InChI=1S/C35H40/c1-5-32-19-17-30(24-34(32)7-3)22-28-13-9-26(10-14-28)21-27-11-15-29(16-12-27)23-31-18-20-33(6-2)35(8-4)25-31/h9-20,24-25H,5-8,21-23H2,1-4H3. The van der Waals surface area contributed by atoms with E-state index in [9.17, 15) is 0 Å². The topological polar surface area (TPSA) is 0 Å². The fourth-order valence-corrected chi connectivity index (χ4v) is 5.18. The van der Waals surface area contributed by atoms with Crippen molar-refractivity contribution in [2.75, 3.05) is 0 Å². The van der Waals surface area contributed by atoms with Crippen LogP contribution in [0.3, 0.4) is 0 Å². The normalized spacial score (nSPS) is 11.1. The molecule has 0 spiro atoms. The van der Waals surface area contributed by atoms with Gasteiger partial charge in [0.2, 0.25) is 0 Å². The van der Waals surface area contributed by atoms with Crippen molar-refractivity contribution in [2.45, 2.75) is 72.6 Å². The third-order valence-electron chi connectivity index (χ3n) is 7.34. The molecule has 180 valence electrons. The number of hydrogen-bond acceptors (Lipinski definition) is 0. The molecule has 0 amide bonds. The first-order valence-corrected chi connectivity index (χ1v) is 13.5. The summed E-state index contributed by atoms with van der Waals surface area (Å²) in [4.78, 5) is 0. The zero-order chi connectivity index (χ0) is 24.6. The molecule has 0 saturated carbocycles. The van der Waals surface area contributed by atoms with Crippen molar-refractivity contribution in [3.8, 4) is 0 Å². The Balaban J connectivity index is 1.37. The Labute approximate surface area is 213 Å². The Hall–Kier alpha value is -3.12. The van der Waals surface area contributed by atoms with Crippen LogP contribution >= 0.6 is 0 Å². The third-order valence-corrected chi connectivity index (χ3v) is 7.34. The average molecular weight is 461 g/mol. The minimum absolute atomic E-state index is 0.983. The summed E-state index contributed by atoms with van der Waals surface area (Å²) in [5, 5.41) is 0. The van der Waals surface area contributed by atoms with Gasteiger partial charge >= 0.3 is 0 Å². The summed E-state index contributed by atoms with van der Waals surface area (Å²) in [5.74, 6) is 0. The molecule has 0 aliphatic rings. The van der Waals surface area contributed by atoms with E-state index in [1.807, 2.05) is 0 Å². The molecule has 0 N–H and O–H groups in total. The van der Waals surface area contributed by atoms with Gasteiger partial charge in [0.25, 0.3) is 0 Å². The molecule has 0 aliphatic heterocycles. The van der Waals surface area contributed by atoms with Gasteiger partial charge in [-0.2, -0.15) is 0 Å². The lowest BCUT2D eigenvalue weighted by atomic mass is 9.95. The average Bonchev–Trinajstić information content (AvgIpc) is 2.90. The van der Waals surface area contributed by atoms with Gasteiger partial charge in [0.05, 0.1) is 0 Å². The summed E-state index contributed by atoms with van der Waals surface area (Å²) < 4.78 is 0. The lowest BCUT2D eigenvalue weighted by Crippen LogP contribution is -1.96. The largest absolute Gasteiger partial charge is 0.0613 e. The van der Waals surface area contributed by atoms with Gasteiger partial charge in [0.15, 0.2) is 0 Å². The summed E-state index contributed by atoms with van der Waals surface area (Å²) in [6.45, 7) is 9.00. The van der Waals surface area contributed by atoms with Crippen LogP contribution in [0.5, 0.6) is 0 Å². The van der Waals surface area contributed by atoms with Crippen LogP contribution in [0.4, 0.5) is 0 Å². The van der Waals surface area contributed by atoms with Gasteiger partial charge in [0, 0.05) is 0 Å². The van der Waals surface area contributed by atoms with Crippen LogP contribution in [0.15, 0.2) is 84.9 Å². The highest BCUT2D eigenvalue weighted by atomic mass is 14.1. The summed E-state index contributed by atoms with van der Waals surface area (Å²) in [6.07, 6.45) is 7.45. The molecule has 0 radical (unpaired) electrons. The molecule has 0 heteroatoms. The molecule has 0 saturated heterocycles. The zero-order valence-electron chi connectivity index (χ0n) is 22.0. The minimum Gasteiger partial charge on any atom is -0.0613 e. The van der Waals surface area contributed by atoms with Crippen molar-refractivity contribution < 1.29 is 0 Å². The fourth-order valence-electron chi connectivity index (χ4n) is 5.18. The van der Waals surface area contributed by atoms with Gasteiger partial charge in [-0.3, -0.25) is 0 Å². The van der Waals surface area contributed by atoms with Crippen molar-refractivity contribution in [3.63, 3.8) is 0 Å². The van der Waals surface area contributed by atoms with Crippen LogP contribution in [-0.2, 0) is 44.9 Å². The fraction of sp³-hybridized carbons (Fsp3) is 0.314. The molecule has 0 unspecified atom stereocenters. The Morgan fingerprint density at radius 1 is 0.314 bits per heavy atom. The smallest absolute Gasteiger partial charge is 0.00257 e. The van der Waals surface area contributed by atoms with Gasteiger partial charge in [-0.05, 0) is 101 Å². The Kier molecular flexibility index (Phi) is 8.59. The molecule has 0 aromatic heterocycles. The van der Waals surface area contributed by atoms with Crippen LogP contribution in [0.1, 0.15) is 83.3 Å². The predicted molar refractivity (Wildman–Crippen MR) is 152 cm³/mol. The van der Waals surface area contributed by atoms with Crippen molar-refractivity contribution >= 4 is 0 Å². The van der Waals surface area contributed by atoms with E-state index in [0.717, 1.165) is 44.9 Å². The van der Waals surface area contributed by atoms with Crippen LogP contribution in [0, 0.1) is 0 Å². The maximum absolute atomic E-state index is 2.40. The molecule has 0 aliphatic carbocycles. The molecule has 0 fully saturated rings. The number of hydrogen-bond donors (Lipinski definition) is 0. The molecular weight excluding hydrogens is 420 g/mol. The SMILES string of the molecule is CCc1ccc(Cc2ccc(Cc3ccc(Cc4ccc(CC)c(CC)c4)cc3)cc2)cc1CC. The highest BCUT2D eigenvalue weighted by molar-refractivity contribution is 5.38. The maximum Gasteiger partial charge on any atom is -0.00257 e. The first-order chi connectivity index (χ1) is 17.1. The van der Waals surface area contributed by atoms with Gasteiger partial charge < -0.3 is 0 Å². The summed E-state index contributed by atoms with van der Waals surface area (Å²) in [7, 11) is 0. The molecule has 4 aromatic rings. The molecule has 4 aromatic carbocycles. The van der Waals surface area contributed by atoms with Crippen LogP contribution in [0.2, 0.25) is 0 Å². The second-order valence-electron chi connectivity index (χ2n) is 9.78. The van der Waals surface area contributed by atoms with E-state index >= 15 is 0 Å². The lowest BCUT2D eigenvalue weighted by Gasteiger charge is -2.10. The van der Waals surface area contributed by atoms with Crippen LogP contribution < -0.4 is 0 Å². The van der Waals surface area contributed by atoms with Crippen molar-refractivity contribution in [2.24, 2.45) is 0 Å². The molecule has 4 rings (SSSR count). The number of aryl methyl sites for hydroxylation is 4. The summed E-state index contributed by atoms with van der Waals surface area (Å²) in [6, 6.07) is 32.4. The van der Waals surface area contributed by atoms with Crippen LogP contribution in [0.25, 0.3) is 0 Å². The van der Waals surface area contributed by atoms with E-state index in [1.54, 1.807) is 0 Å². The third kappa shape index (κ3) is 6.51. The van der Waals surface area contributed by atoms with E-state index < -0.39 is 0 Å². The second kappa shape index (κ2) is 12.0. The molecule has 0 bridgehead atoms. The summed E-state index contributed by atoms with van der Waals surface area (Å²) in [5.41, 5.74) is 14.3. The van der Waals surface area contributed by atoms with Gasteiger partial charge in [-0.1, -0.05) is 113 Å². The Morgan fingerprint density at radius 2 is 0.571 bits per heavy atom.